The Morgan fingerprint density at radius 1 is 0.621 bits per heavy atom. The van der Waals surface area contributed by atoms with E-state index < -0.39 is 0 Å². The van der Waals surface area contributed by atoms with E-state index in [0.29, 0.717) is 16.7 Å². The Bertz CT molecular complexity index is 756. The molecule has 0 aliphatic heterocycles. The molecule has 0 radical (unpaired) electrons. The van der Waals surface area contributed by atoms with E-state index in [2.05, 4.69) is 32.0 Å². The van der Waals surface area contributed by atoms with Gasteiger partial charge in [-0.25, -0.2) is 0 Å². The molecule has 0 atom stereocenters. The first-order valence-electron chi connectivity index (χ1n) is 13.2. The Hall–Kier alpha value is -0.780. The highest BCUT2D eigenvalue weighted by Crippen LogP contribution is 2.63. The third-order valence-electron chi connectivity index (χ3n) is 10.9. The highest BCUT2D eigenvalue weighted by atomic mass is 14.6. The molecule has 0 amide bonds. The van der Waals surface area contributed by atoms with Crippen LogP contribution in [0.5, 0.6) is 0 Å². The molecule has 0 heteroatoms. The van der Waals surface area contributed by atoms with Gasteiger partial charge < -0.3 is 0 Å². The highest BCUT2D eigenvalue weighted by molar-refractivity contribution is 5.44. The summed E-state index contributed by atoms with van der Waals surface area (Å²) in [7, 11) is 0. The van der Waals surface area contributed by atoms with E-state index in [1.54, 1.807) is 55.2 Å². The average Bonchev–Trinajstić information content (AvgIpc) is 2.65. The number of hydrogen-bond acceptors (Lipinski definition) is 0. The van der Waals surface area contributed by atoms with Gasteiger partial charge in [0.15, 0.2) is 0 Å². The quantitative estimate of drug-likeness (QED) is 0.496. The lowest BCUT2D eigenvalue weighted by Gasteiger charge is -2.58. The third-order valence-corrected chi connectivity index (χ3v) is 10.9. The third kappa shape index (κ3) is 2.56. The van der Waals surface area contributed by atoms with E-state index in [1.165, 1.54) is 38.5 Å². The molecule has 29 heavy (non-hydrogen) atoms. The van der Waals surface area contributed by atoms with Crippen LogP contribution >= 0.6 is 0 Å². The monoisotopic (exact) mass is 388 g/mol. The van der Waals surface area contributed by atoms with Crippen LogP contribution in [0.25, 0.3) is 0 Å². The molecule has 0 nitrogen and oxygen atoms in total. The molecule has 1 aromatic rings. The van der Waals surface area contributed by atoms with Gasteiger partial charge in [-0.05, 0) is 146 Å². The van der Waals surface area contributed by atoms with Crippen LogP contribution in [0.15, 0.2) is 18.2 Å². The van der Waals surface area contributed by atoms with Gasteiger partial charge in [0, 0.05) is 0 Å². The maximum atomic E-state index is 2.77. The van der Waals surface area contributed by atoms with Gasteiger partial charge in [0.1, 0.15) is 0 Å². The first-order chi connectivity index (χ1) is 14.0. The summed E-state index contributed by atoms with van der Waals surface area (Å²) in [6.07, 6.45) is 18.4. The lowest BCUT2D eigenvalue weighted by molar-refractivity contribution is -0.00731. The molecule has 8 bridgehead atoms. The van der Waals surface area contributed by atoms with Crippen molar-refractivity contribution in [2.75, 3.05) is 0 Å². The van der Waals surface area contributed by atoms with Crippen LogP contribution in [-0.2, 0) is 10.8 Å². The predicted molar refractivity (Wildman–Crippen MR) is 120 cm³/mol. The second-order valence-electron chi connectivity index (χ2n) is 13.4. The van der Waals surface area contributed by atoms with Crippen LogP contribution < -0.4 is 0 Å². The summed E-state index contributed by atoms with van der Waals surface area (Å²) in [6, 6.07) is 8.12. The summed E-state index contributed by atoms with van der Waals surface area (Å²) in [4.78, 5) is 0. The van der Waals surface area contributed by atoms with Crippen molar-refractivity contribution in [2.24, 2.45) is 35.5 Å². The molecule has 156 valence electrons. The minimum absolute atomic E-state index is 0.550. The normalized spacial score (nSPS) is 49.3. The summed E-state index contributed by atoms with van der Waals surface area (Å²) in [5.74, 6) is 6.95. The maximum Gasteiger partial charge on any atom is -0.00362 e. The van der Waals surface area contributed by atoms with Gasteiger partial charge in [-0.2, -0.15) is 0 Å². The summed E-state index contributed by atoms with van der Waals surface area (Å²) in [5, 5.41) is 0. The van der Waals surface area contributed by atoms with Gasteiger partial charge in [0.25, 0.3) is 0 Å². The first-order valence-corrected chi connectivity index (χ1v) is 13.2. The molecule has 8 aliphatic carbocycles. The maximum absolute atomic E-state index is 2.77. The molecule has 0 N–H and O–H groups in total. The molecule has 8 saturated carbocycles. The van der Waals surface area contributed by atoms with Crippen molar-refractivity contribution in [2.45, 2.75) is 108 Å². The number of hydrogen-bond donors (Lipinski definition) is 0. The highest BCUT2D eigenvalue weighted by Gasteiger charge is 2.54. The van der Waals surface area contributed by atoms with E-state index in [1.807, 2.05) is 0 Å². The number of benzene rings is 1. The molecule has 1 aromatic carbocycles. The zero-order chi connectivity index (χ0) is 19.4. The molecule has 0 unspecified atom stereocenters. The lowest BCUT2D eigenvalue weighted by Crippen LogP contribution is -2.49. The van der Waals surface area contributed by atoms with Gasteiger partial charge in [0.05, 0.1) is 0 Å². The summed E-state index contributed by atoms with van der Waals surface area (Å²) in [6.45, 7) is 4.95. The Labute approximate surface area is 178 Å². The fourth-order valence-corrected chi connectivity index (χ4v) is 10.8. The minimum Gasteiger partial charge on any atom is -0.0587 e. The van der Waals surface area contributed by atoms with Crippen LogP contribution in [0.4, 0.5) is 0 Å². The smallest absolute Gasteiger partial charge is 0.00362 e. The van der Waals surface area contributed by atoms with Gasteiger partial charge in [-0.1, -0.05) is 32.0 Å². The zero-order valence-electron chi connectivity index (χ0n) is 18.8. The summed E-state index contributed by atoms with van der Waals surface area (Å²) >= 11 is 0. The van der Waals surface area contributed by atoms with Crippen LogP contribution in [0.1, 0.15) is 114 Å². The fraction of sp³-hybridized carbons (Fsp3) is 0.793. The molecule has 0 aromatic heterocycles. The Morgan fingerprint density at radius 3 is 1.45 bits per heavy atom. The van der Waals surface area contributed by atoms with Crippen molar-refractivity contribution in [3.8, 4) is 0 Å². The molecule has 9 rings (SSSR count). The van der Waals surface area contributed by atoms with Crippen LogP contribution in [0, 0.1) is 35.5 Å². The van der Waals surface area contributed by atoms with Crippen LogP contribution in [0.2, 0.25) is 0 Å². The van der Waals surface area contributed by atoms with E-state index in [0.717, 1.165) is 35.5 Å². The van der Waals surface area contributed by atoms with Gasteiger partial charge in [0.2, 0.25) is 0 Å². The predicted octanol–water partition coefficient (Wildman–Crippen LogP) is 7.75. The molecule has 0 saturated heterocycles. The van der Waals surface area contributed by atoms with E-state index in [9.17, 15) is 0 Å². The van der Waals surface area contributed by atoms with Crippen molar-refractivity contribution in [1.29, 1.82) is 0 Å². The van der Waals surface area contributed by atoms with Crippen LogP contribution in [0.3, 0.4) is 0 Å². The molecule has 8 aliphatic rings. The summed E-state index contributed by atoms with van der Waals surface area (Å²) in [5.41, 5.74) is 6.42. The van der Waals surface area contributed by atoms with E-state index in [-0.39, 0.29) is 0 Å². The van der Waals surface area contributed by atoms with Crippen molar-refractivity contribution in [3.05, 3.63) is 34.9 Å². The lowest BCUT2D eigenvalue weighted by atomic mass is 9.46. The van der Waals surface area contributed by atoms with Gasteiger partial charge >= 0.3 is 0 Å². The molecular weight excluding hydrogens is 348 g/mol. The van der Waals surface area contributed by atoms with Crippen molar-refractivity contribution >= 4 is 0 Å². The summed E-state index contributed by atoms with van der Waals surface area (Å²) < 4.78 is 0. The first kappa shape index (κ1) is 17.9. The van der Waals surface area contributed by atoms with Gasteiger partial charge in [-0.3, -0.25) is 0 Å². The van der Waals surface area contributed by atoms with E-state index >= 15 is 0 Å². The molecule has 0 spiro atoms. The second-order valence-corrected chi connectivity index (χ2v) is 13.4. The number of rotatable bonds is 3. The van der Waals surface area contributed by atoms with E-state index in [4.69, 9.17) is 0 Å². The largest absolute Gasteiger partial charge is 0.0587 e. The Morgan fingerprint density at radius 2 is 1.03 bits per heavy atom. The molecule has 8 fully saturated rings. The topological polar surface area (TPSA) is 0 Å². The zero-order valence-corrected chi connectivity index (χ0v) is 18.8. The molecule has 0 heterocycles. The average molecular weight is 389 g/mol. The fourth-order valence-electron chi connectivity index (χ4n) is 10.8. The standard InChI is InChI=1S/C29H40/c1-18(2)26-11-25(28-12-19-5-20(13-28)7-21(6-19)14-28)3-4-27(26)29-15-22-8-23(16-29)10-24(9-22)17-29/h3-4,11,18-24H,5-10,12-17H2,1-2H3. The van der Waals surface area contributed by atoms with Crippen LogP contribution in [-0.4, -0.2) is 0 Å². The van der Waals surface area contributed by atoms with Gasteiger partial charge in [-0.15, -0.1) is 0 Å². The van der Waals surface area contributed by atoms with Crippen molar-refractivity contribution in [1.82, 2.24) is 0 Å². The SMILES string of the molecule is CC(C)c1cc(C23CC4CC(CC(C4)C2)C3)ccc1C12CC3CC(CC(C3)C1)C2. The second kappa shape index (κ2) is 5.92. The van der Waals surface area contributed by atoms with Crippen molar-refractivity contribution in [3.63, 3.8) is 0 Å². The van der Waals surface area contributed by atoms with Crippen molar-refractivity contribution < 1.29 is 0 Å². The minimum atomic E-state index is 0.550. The Balaban J connectivity index is 1.30. The Kier molecular flexibility index (Phi) is 3.65. The molecular formula is C29H40.